The molecule has 0 bridgehead atoms. The highest BCUT2D eigenvalue weighted by molar-refractivity contribution is 5.84. The zero-order valence-electron chi connectivity index (χ0n) is 13.0. The van der Waals surface area contributed by atoms with Gasteiger partial charge in [-0.25, -0.2) is 4.79 Å². The van der Waals surface area contributed by atoms with Crippen molar-refractivity contribution in [3.05, 3.63) is 0 Å². The molecule has 0 rings (SSSR count). The average Bonchev–Trinajstić information content (AvgIpc) is 2.44. The van der Waals surface area contributed by atoms with E-state index >= 15 is 0 Å². The van der Waals surface area contributed by atoms with Gasteiger partial charge in [-0.05, 0) is 26.7 Å². The van der Waals surface area contributed by atoms with Crippen LogP contribution >= 0.6 is 0 Å². The van der Waals surface area contributed by atoms with Gasteiger partial charge in [0.1, 0.15) is 6.04 Å². The summed E-state index contributed by atoms with van der Waals surface area (Å²) in [4.78, 5) is 34.8. The second kappa shape index (κ2) is 12.1. The van der Waals surface area contributed by atoms with Crippen molar-refractivity contribution in [1.82, 2.24) is 5.32 Å². The molecule has 1 amide bonds. The van der Waals surface area contributed by atoms with E-state index in [1.807, 2.05) is 0 Å². The molecule has 0 aliphatic carbocycles. The lowest BCUT2D eigenvalue weighted by Crippen LogP contribution is -2.42. The van der Waals surface area contributed by atoms with E-state index in [2.05, 4.69) is 5.32 Å². The van der Waals surface area contributed by atoms with Crippen molar-refractivity contribution >= 4 is 17.8 Å². The highest BCUT2D eigenvalue weighted by Crippen LogP contribution is 2.03. The number of carbonyl (C=O) groups excluding carboxylic acids is 3. The molecular weight excluding hydrogens is 278 g/mol. The summed E-state index contributed by atoms with van der Waals surface area (Å²) in [5, 5.41) is 2.58. The van der Waals surface area contributed by atoms with Gasteiger partial charge in [0.15, 0.2) is 0 Å². The second-order valence-electron chi connectivity index (χ2n) is 4.31. The van der Waals surface area contributed by atoms with Gasteiger partial charge in [-0.3, -0.25) is 9.59 Å². The van der Waals surface area contributed by atoms with Crippen LogP contribution in [-0.4, -0.2) is 50.8 Å². The summed E-state index contributed by atoms with van der Waals surface area (Å²) in [5.74, 6) is -1.21. The predicted octanol–water partition coefficient (Wildman–Crippen LogP) is 0.804. The zero-order valence-corrected chi connectivity index (χ0v) is 13.0. The van der Waals surface area contributed by atoms with Gasteiger partial charge in [-0.2, -0.15) is 0 Å². The average molecular weight is 303 g/mol. The molecule has 21 heavy (non-hydrogen) atoms. The van der Waals surface area contributed by atoms with Crippen molar-refractivity contribution < 1.29 is 28.6 Å². The van der Waals surface area contributed by atoms with Crippen LogP contribution in [0.5, 0.6) is 0 Å². The zero-order chi connectivity index (χ0) is 16.1. The van der Waals surface area contributed by atoms with Gasteiger partial charge in [0.2, 0.25) is 5.91 Å². The molecule has 1 unspecified atom stereocenters. The van der Waals surface area contributed by atoms with Crippen LogP contribution in [0.15, 0.2) is 0 Å². The fourth-order valence-corrected chi connectivity index (χ4v) is 1.63. The van der Waals surface area contributed by atoms with E-state index in [9.17, 15) is 14.4 Å². The van der Waals surface area contributed by atoms with E-state index in [0.717, 1.165) is 0 Å². The molecule has 0 fully saturated rings. The number of nitrogens with one attached hydrogen (secondary N) is 1. The lowest BCUT2D eigenvalue weighted by atomic mass is 10.1. The number of ether oxygens (including phenoxy) is 3. The first-order valence-corrected chi connectivity index (χ1v) is 7.15. The van der Waals surface area contributed by atoms with Crippen molar-refractivity contribution in [3.63, 3.8) is 0 Å². The Hall–Kier alpha value is -1.63. The summed E-state index contributed by atoms with van der Waals surface area (Å²) in [6, 6.07) is -0.829. The Morgan fingerprint density at radius 1 is 1.05 bits per heavy atom. The second-order valence-corrected chi connectivity index (χ2v) is 4.31. The first-order valence-electron chi connectivity index (χ1n) is 7.15. The summed E-state index contributed by atoms with van der Waals surface area (Å²) < 4.78 is 14.5. The molecule has 0 radical (unpaired) electrons. The molecule has 0 aliphatic heterocycles. The number of esters is 2. The fraction of sp³-hybridized carbons (Fsp3) is 0.786. The fourth-order valence-electron chi connectivity index (χ4n) is 1.63. The molecular formula is C14H25NO6. The third-order valence-corrected chi connectivity index (χ3v) is 2.60. The molecule has 1 N–H and O–H groups in total. The molecule has 7 heteroatoms. The van der Waals surface area contributed by atoms with Crippen LogP contribution in [0, 0.1) is 0 Å². The Morgan fingerprint density at radius 2 is 1.71 bits per heavy atom. The minimum absolute atomic E-state index is 0.0513. The van der Waals surface area contributed by atoms with Gasteiger partial charge in [-0.1, -0.05) is 0 Å². The van der Waals surface area contributed by atoms with Gasteiger partial charge in [0, 0.05) is 26.6 Å². The van der Waals surface area contributed by atoms with Gasteiger partial charge in [-0.15, -0.1) is 0 Å². The lowest BCUT2D eigenvalue weighted by molar-refractivity contribution is -0.148. The van der Waals surface area contributed by atoms with Crippen LogP contribution in [-0.2, 0) is 28.6 Å². The molecule has 0 aromatic rings. The van der Waals surface area contributed by atoms with Crippen LogP contribution in [0.2, 0.25) is 0 Å². The van der Waals surface area contributed by atoms with Gasteiger partial charge >= 0.3 is 11.9 Å². The Bertz CT molecular complexity index is 331. The Labute approximate surface area is 125 Å². The first-order chi connectivity index (χ1) is 10.0. The quantitative estimate of drug-likeness (QED) is 0.448. The van der Waals surface area contributed by atoms with E-state index < -0.39 is 18.0 Å². The Balaban J connectivity index is 4.34. The highest BCUT2D eigenvalue weighted by atomic mass is 16.5. The van der Waals surface area contributed by atoms with E-state index in [4.69, 9.17) is 14.2 Å². The normalized spacial score (nSPS) is 11.6. The lowest BCUT2D eigenvalue weighted by Gasteiger charge is -2.17. The van der Waals surface area contributed by atoms with Crippen LogP contribution < -0.4 is 5.32 Å². The third kappa shape index (κ3) is 9.84. The monoisotopic (exact) mass is 303 g/mol. The maximum absolute atomic E-state index is 11.8. The molecule has 0 aromatic carbocycles. The molecule has 1 atom stereocenters. The summed E-state index contributed by atoms with van der Waals surface area (Å²) in [6.45, 7) is 4.36. The minimum atomic E-state index is -0.829. The summed E-state index contributed by atoms with van der Waals surface area (Å²) in [7, 11) is 1.55. The maximum atomic E-state index is 11.8. The minimum Gasteiger partial charge on any atom is -0.466 e. The van der Waals surface area contributed by atoms with Gasteiger partial charge < -0.3 is 19.5 Å². The summed E-state index contributed by atoms with van der Waals surface area (Å²) in [6.07, 6.45) is 1.03. The molecule has 7 nitrogen and oxygen atoms in total. The van der Waals surface area contributed by atoms with Crippen molar-refractivity contribution in [2.75, 3.05) is 26.9 Å². The topological polar surface area (TPSA) is 90.9 Å². The van der Waals surface area contributed by atoms with Gasteiger partial charge in [0.05, 0.1) is 13.2 Å². The number of rotatable bonds is 11. The first kappa shape index (κ1) is 19.4. The molecule has 0 saturated carbocycles. The van der Waals surface area contributed by atoms with Crippen molar-refractivity contribution in [1.29, 1.82) is 0 Å². The molecule has 0 spiro atoms. The summed E-state index contributed by atoms with van der Waals surface area (Å²) in [5.41, 5.74) is 0. The number of methoxy groups -OCH3 is 1. The SMILES string of the molecule is CCOC(=O)CCC(NC(=O)CCCOC)C(=O)OCC. The summed E-state index contributed by atoms with van der Waals surface area (Å²) >= 11 is 0. The van der Waals surface area contributed by atoms with Crippen molar-refractivity contribution in [2.24, 2.45) is 0 Å². The maximum Gasteiger partial charge on any atom is 0.328 e. The number of hydrogen-bond donors (Lipinski definition) is 1. The molecule has 0 saturated heterocycles. The predicted molar refractivity (Wildman–Crippen MR) is 75.5 cm³/mol. The Morgan fingerprint density at radius 3 is 2.29 bits per heavy atom. The largest absolute Gasteiger partial charge is 0.466 e. The van der Waals surface area contributed by atoms with Crippen LogP contribution in [0.25, 0.3) is 0 Å². The molecule has 0 aliphatic rings. The van der Waals surface area contributed by atoms with Crippen LogP contribution in [0.1, 0.15) is 39.5 Å². The number of amides is 1. The van der Waals surface area contributed by atoms with Crippen LogP contribution in [0.4, 0.5) is 0 Å². The third-order valence-electron chi connectivity index (χ3n) is 2.60. The molecule has 0 heterocycles. The number of hydrogen-bond acceptors (Lipinski definition) is 6. The molecule has 0 aromatic heterocycles. The van der Waals surface area contributed by atoms with Gasteiger partial charge in [0.25, 0.3) is 0 Å². The Kier molecular flexibility index (Phi) is 11.2. The van der Waals surface area contributed by atoms with E-state index in [0.29, 0.717) is 13.0 Å². The standard InChI is InChI=1S/C14H25NO6/c1-4-20-13(17)9-8-11(14(18)21-5-2)15-12(16)7-6-10-19-3/h11H,4-10H2,1-3H3,(H,15,16). The molecule has 122 valence electrons. The smallest absolute Gasteiger partial charge is 0.328 e. The number of carbonyl (C=O) groups is 3. The van der Waals surface area contributed by atoms with E-state index in [1.54, 1.807) is 21.0 Å². The van der Waals surface area contributed by atoms with E-state index in [-0.39, 0.29) is 38.4 Å². The van der Waals surface area contributed by atoms with Crippen molar-refractivity contribution in [2.45, 2.75) is 45.6 Å². The van der Waals surface area contributed by atoms with Crippen LogP contribution in [0.3, 0.4) is 0 Å². The highest BCUT2D eigenvalue weighted by Gasteiger charge is 2.23. The van der Waals surface area contributed by atoms with Crippen molar-refractivity contribution in [3.8, 4) is 0 Å². The van der Waals surface area contributed by atoms with E-state index in [1.165, 1.54) is 0 Å².